The Morgan fingerprint density at radius 1 is 1.37 bits per heavy atom. The largest absolute Gasteiger partial charge is 0.465 e. The zero-order valence-electron chi connectivity index (χ0n) is 11.7. The molecule has 1 rings (SSSR count). The summed E-state index contributed by atoms with van der Waals surface area (Å²) < 4.78 is 4.65. The lowest BCUT2D eigenvalue weighted by Gasteiger charge is -2.26. The van der Waals surface area contributed by atoms with Crippen molar-refractivity contribution in [3.05, 3.63) is 35.4 Å². The number of benzene rings is 1. The zero-order chi connectivity index (χ0) is 14.5. The standard InChI is InChI=1S/C14H19NO4/c1-14(2,3)19-15(10-16)9-11-6-5-7-12(8-11)13(17)18-4/h5-8,10H,9H2,1-4H3. The fraction of sp³-hybridized carbons (Fsp3) is 0.429. The Hall–Kier alpha value is -1.88. The number of hydroxylamine groups is 2. The molecule has 1 amide bonds. The first kappa shape index (κ1) is 15.2. The zero-order valence-corrected chi connectivity index (χ0v) is 11.7. The summed E-state index contributed by atoms with van der Waals surface area (Å²) in [6.07, 6.45) is 0.621. The Morgan fingerprint density at radius 2 is 2.05 bits per heavy atom. The lowest BCUT2D eigenvalue weighted by molar-refractivity contribution is -0.220. The average molecular weight is 265 g/mol. The molecule has 0 spiro atoms. The predicted octanol–water partition coefficient (Wildman–Crippen LogP) is 2.16. The molecule has 0 fully saturated rings. The van der Waals surface area contributed by atoms with Crippen LogP contribution in [0.2, 0.25) is 0 Å². The van der Waals surface area contributed by atoms with Crippen LogP contribution in [0.4, 0.5) is 0 Å². The van der Waals surface area contributed by atoms with E-state index in [2.05, 4.69) is 4.74 Å². The van der Waals surface area contributed by atoms with Crippen LogP contribution in [0.15, 0.2) is 24.3 Å². The Labute approximate surface area is 113 Å². The molecular weight excluding hydrogens is 246 g/mol. The maximum atomic E-state index is 11.4. The second kappa shape index (κ2) is 6.33. The molecule has 5 heteroatoms. The van der Waals surface area contributed by atoms with E-state index < -0.39 is 11.6 Å². The molecular formula is C14H19NO4. The number of carbonyl (C=O) groups excluding carboxylic acids is 2. The van der Waals surface area contributed by atoms with Crippen LogP contribution >= 0.6 is 0 Å². The second-order valence-corrected chi connectivity index (χ2v) is 5.08. The number of amides is 1. The van der Waals surface area contributed by atoms with Gasteiger partial charge in [0.25, 0.3) is 0 Å². The van der Waals surface area contributed by atoms with Gasteiger partial charge in [-0.15, -0.1) is 0 Å². The monoisotopic (exact) mass is 265 g/mol. The van der Waals surface area contributed by atoms with Crippen LogP contribution in [0.3, 0.4) is 0 Å². The summed E-state index contributed by atoms with van der Waals surface area (Å²) in [5, 5.41) is 1.20. The van der Waals surface area contributed by atoms with E-state index in [9.17, 15) is 9.59 Å². The SMILES string of the molecule is COC(=O)c1cccc(CN(C=O)OC(C)(C)C)c1. The minimum absolute atomic E-state index is 0.269. The normalized spacial score (nSPS) is 10.9. The van der Waals surface area contributed by atoms with Gasteiger partial charge in [-0.3, -0.25) is 9.63 Å². The van der Waals surface area contributed by atoms with Crippen molar-refractivity contribution in [2.45, 2.75) is 32.9 Å². The van der Waals surface area contributed by atoms with E-state index in [0.29, 0.717) is 12.0 Å². The van der Waals surface area contributed by atoms with Crippen LogP contribution in [0, 0.1) is 0 Å². The molecule has 0 aliphatic rings. The first-order valence-corrected chi connectivity index (χ1v) is 5.94. The lowest BCUT2D eigenvalue weighted by atomic mass is 10.1. The van der Waals surface area contributed by atoms with Gasteiger partial charge in [0.1, 0.15) is 0 Å². The van der Waals surface area contributed by atoms with Crippen molar-refractivity contribution in [2.75, 3.05) is 7.11 Å². The maximum absolute atomic E-state index is 11.4. The number of rotatable bonds is 5. The lowest BCUT2D eigenvalue weighted by Crippen LogP contribution is -2.32. The molecule has 104 valence electrons. The van der Waals surface area contributed by atoms with Gasteiger partial charge in [-0.25, -0.2) is 9.86 Å². The molecule has 0 saturated carbocycles. The van der Waals surface area contributed by atoms with Crippen LogP contribution < -0.4 is 0 Å². The quantitative estimate of drug-likeness (QED) is 0.465. The summed E-state index contributed by atoms with van der Waals surface area (Å²) >= 11 is 0. The van der Waals surface area contributed by atoms with Gasteiger partial charge in [0.2, 0.25) is 6.41 Å². The Morgan fingerprint density at radius 3 is 2.58 bits per heavy atom. The summed E-state index contributed by atoms with van der Waals surface area (Å²) in [5.41, 5.74) is 0.779. The highest BCUT2D eigenvalue weighted by atomic mass is 16.7. The molecule has 0 radical (unpaired) electrons. The Balaban J connectivity index is 2.80. The van der Waals surface area contributed by atoms with Gasteiger partial charge in [0, 0.05) is 0 Å². The molecule has 1 aromatic carbocycles. The molecule has 0 N–H and O–H groups in total. The van der Waals surface area contributed by atoms with Gasteiger partial charge in [0.05, 0.1) is 24.8 Å². The minimum Gasteiger partial charge on any atom is -0.465 e. The van der Waals surface area contributed by atoms with Crippen molar-refractivity contribution in [3.8, 4) is 0 Å². The third kappa shape index (κ3) is 5.09. The molecule has 0 aromatic heterocycles. The molecule has 5 nitrogen and oxygen atoms in total. The van der Waals surface area contributed by atoms with Crippen molar-refractivity contribution in [3.63, 3.8) is 0 Å². The van der Waals surface area contributed by atoms with Gasteiger partial charge in [0.15, 0.2) is 0 Å². The molecule has 19 heavy (non-hydrogen) atoms. The van der Waals surface area contributed by atoms with Crippen molar-refractivity contribution >= 4 is 12.4 Å². The molecule has 1 aromatic rings. The minimum atomic E-state index is -0.457. The van der Waals surface area contributed by atoms with Gasteiger partial charge < -0.3 is 4.74 Å². The number of esters is 1. The molecule has 0 aliphatic carbocycles. The van der Waals surface area contributed by atoms with Crippen LogP contribution in [0.5, 0.6) is 0 Å². The summed E-state index contributed by atoms with van der Waals surface area (Å²) in [6.45, 7) is 5.84. The Bertz CT molecular complexity index is 451. The van der Waals surface area contributed by atoms with Crippen LogP contribution in [-0.4, -0.2) is 30.2 Å². The van der Waals surface area contributed by atoms with E-state index in [1.54, 1.807) is 18.2 Å². The third-order valence-corrected chi connectivity index (χ3v) is 2.20. The van der Waals surface area contributed by atoms with E-state index in [4.69, 9.17) is 4.84 Å². The molecule has 0 atom stereocenters. The third-order valence-electron chi connectivity index (χ3n) is 2.20. The van der Waals surface area contributed by atoms with E-state index in [0.717, 1.165) is 5.56 Å². The van der Waals surface area contributed by atoms with Crippen molar-refractivity contribution in [2.24, 2.45) is 0 Å². The van der Waals surface area contributed by atoms with Crippen LogP contribution in [-0.2, 0) is 20.9 Å². The number of ether oxygens (including phenoxy) is 1. The average Bonchev–Trinajstić information content (AvgIpc) is 2.35. The first-order valence-electron chi connectivity index (χ1n) is 5.94. The number of methoxy groups -OCH3 is 1. The van der Waals surface area contributed by atoms with Gasteiger partial charge in [-0.1, -0.05) is 12.1 Å². The van der Waals surface area contributed by atoms with E-state index in [1.807, 2.05) is 26.8 Å². The fourth-order valence-electron chi connectivity index (χ4n) is 1.54. The van der Waals surface area contributed by atoms with E-state index in [-0.39, 0.29) is 6.54 Å². The summed E-state index contributed by atoms with van der Waals surface area (Å²) in [7, 11) is 1.33. The Kier molecular flexibility index (Phi) is 5.06. The van der Waals surface area contributed by atoms with Crippen LogP contribution in [0.25, 0.3) is 0 Å². The molecule has 0 bridgehead atoms. The predicted molar refractivity (Wildman–Crippen MR) is 70.2 cm³/mol. The summed E-state index contributed by atoms with van der Waals surface area (Å²) in [4.78, 5) is 27.9. The van der Waals surface area contributed by atoms with E-state index >= 15 is 0 Å². The second-order valence-electron chi connectivity index (χ2n) is 5.08. The topological polar surface area (TPSA) is 55.8 Å². The van der Waals surface area contributed by atoms with Gasteiger partial charge in [-0.2, -0.15) is 0 Å². The highest BCUT2D eigenvalue weighted by molar-refractivity contribution is 5.89. The van der Waals surface area contributed by atoms with Crippen LogP contribution in [0.1, 0.15) is 36.7 Å². The smallest absolute Gasteiger partial charge is 0.337 e. The molecule has 0 heterocycles. The number of hydrogen-bond acceptors (Lipinski definition) is 4. The highest BCUT2D eigenvalue weighted by Crippen LogP contribution is 2.13. The number of nitrogens with zero attached hydrogens (tertiary/aromatic N) is 1. The van der Waals surface area contributed by atoms with Gasteiger partial charge >= 0.3 is 5.97 Å². The molecule has 0 unspecified atom stereocenters. The fourth-order valence-corrected chi connectivity index (χ4v) is 1.54. The van der Waals surface area contributed by atoms with Gasteiger partial charge in [-0.05, 0) is 38.5 Å². The number of carbonyl (C=O) groups is 2. The first-order chi connectivity index (χ1) is 8.85. The van der Waals surface area contributed by atoms with Crippen molar-refractivity contribution in [1.29, 1.82) is 0 Å². The summed E-state index contributed by atoms with van der Waals surface area (Å²) in [6, 6.07) is 6.89. The molecule has 0 aliphatic heterocycles. The summed E-state index contributed by atoms with van der Waals surface area (Å²) in [5.74, 6) is -0.406. The van der Waals surface area contributed by atoms with Crippen molar-refractivity contribution < 1.29 is 19.2 Å². The maximum Gasteiger partial charge on any atom is 0.337 e. The highest BCUT2D eigenvalue weighted by Gasteiger charge is 2.16. The molecule has 0 saturated heterocycles. The van der Waals surface area contributed by atoms with E-state index in [1.165, 1.54) is 12.2 Å². The van der Waals surface area contributed by atoms with Crippen molar-refractivity contribution in [1.82, 2.24) is 5.06 Å². The number of hydrogen-bond donors (Lipinski definition) is 0.